The topological polar surface area (TPSA) is 67.7 Å². The number of aromatic nitrogens is 2. The molecular formula is C24H33FN4O3. The molecule has 2 heterocycles. The zero-order valence-corrected chi connectivity index (χ0v) is 19.5. The molecule has 1 aliphatic heterocycles. The number of hydrogen-bond donors (Lipinski definition) is 0. The highest BCUT2D eigenvalue weighted by Crippen LogP contribution is 2.19. The van der Waals surface area contributed by atoms with E-state index in [1.807, 2.05) is 27.7 Å². The van der Waals surface area contributed by atoms with Crippen LogP contribution in [0.1, 0.15) is 55.4 Å². The Kier molecular flexibility index (Phi) is 7.66. The van der Waals surface area contributed by atoms with E-state index in [9.17, 15) is 14.0 Å². The van der Waals surface area contributed by atoms with Crippen molar-refractivity contribution in [3.8, 4) is 0 Å². The summed E-state index contributed by atoms with van der Waals surface area (Å²) in [4.78, 5) is 29.6. The van der Waals surface area contributed by atoms with Gasteiger partial charge in [0, 0.05) is 32.2 Å². The van der Waals surface area contributed by atoms with E-state index in [0.29, 0.717) is 24.3 Å². The number of hydrogen-bond acceptors (Lipinski definition) is 4. The van der Waals surface area contributed by atoms with Crippen LogP contribution >= 0.6 is 0 Å². The fourth-order valence-electron chi connectivity index (χ4n) is 3.81. The van der Waals surface area contributed by atoms with Gasteiger partial charge in [-0.3, -0.25) is 14.3 Å². The molecule has 1 aliphatic rings. The molecule has 174 valence electrons. The van der Waals surface area contributed by atoms with Crippen LogP contribution in [-0.4, -0.2) is 63.7 Å². The predicted octanol–water partition coefficient (Wildman–Crippen LogP) is 3.21. The third-order valence-corrected chi connectivity index (χ3v) is 5.54. The number of benzene rings is 1. The number of amides is 2. The van der Waals surface area contributed by atoms with Gasteiger partial charge in [-0.1, -0.05) is 45.9 Å². The van der Waals surface area contributed by atoms with Crippen LogP contribution in [0.4, 0.5) is 4.39 Å². The summed E-state index contributed by atoms with van der Waals surface area (Å²) in [5.74, 6) is -0.243. The lowest BCUT2D eigenvalue weighted by Gasteiger charge is -2.26. The van der Waals surface area contributed by atoms with Gasteiger partial charge in [-0.25, -0.2) is 4.39 Å². The summed E-state index contributed by atoms with van der Waals surface area (Å²) in [6.07, 6.45) is -0.429. The molecule has 8 heteroatoms. The normalized spacial score (nSPS) is 17.4. The highest BCUT2D eigenvalue weighted by molar-refractivity contribution is 5.95. The van der Waals surface area contributed by atoms with E-state index in [0.717, 1.165) is 5.69 Å². The third-order valence-electron chi connectivity index (χ3n) is 5.54. The van der Waals surface area contributed by atoms with Crippen molar-refractivity contribution in [3.63, 3.8) is 0 Å². The molecule has 1 atom stereocenters. The first-order valence-electron chi connectivity index (χ1n) is 11.1. The van der Waals surface area contributed by atoms with Crippen LogP contribution in [0.3, 0.4) is 0 Å². The second-order valence-corrected chi connectivity index (χ2v) is 9.14. The van der Waals surface area contributed by atoms with E-state index < -0.39 is 6.10 Å². The largest absolute Gasteiger partial charge is 0.370 e. The summed E-state index contributed by atoms with van der Waals surface area (Å²) < 4.78 is 21.6. The van der Waals surface area contributed by atoms with E-state index >= 15 is 0 Å². The van der Waals surface area contributed by atoms with Crippen molar-refractivity contribution < 1.29 is 18.7 Å². The lowest BCUT2D eigenvalue weighted by atomic mass is 10.1. The first-order chi connectivity index (χ1) is 15.2. The summed E-state index contributed by atoms with van der Waals surface area (Å²) >= 11 is 0. The molecule has 0 saturated carbocycles. The molecule has 7 nitrogen and oxygen atoms in total. The Hall–Kier alpha value is -2.74. The number of halogens is 1. The Morgan fingerprint density at radius 2 is 1.94 bits per heavy atom. The van der Waals surface area contributed by atoms with E-state index in [2.05, 4.69) is 5.10 Å². The summed E-state index contributed by atoms with van der Waals surface area (Å²) in [6.45, 7) is 9.35. The summed E-state index contributed by atoms with van der Waals surface area (Å²) in [5.41, 5.74) is 1.71. The van der Waals surface area contributed by atoms with Gasteiger partial charge < -0.3 is 14.5 Å². The second kappa shape index (κ2) is 10.3. The number of carbonyl (C=O) groups excluding carboxylic acids is 2. The zero-order valence-electron chi connectivity index (χ0n) is 19.5. The molecule has 3 rings (SSSR count). The van der Waals surface area contributed by atoms with Crippen molar-refractivity contribution in [2.24, 2.45) is 13.0 Å². The van der Waals surface area contributed by atoms with Crippen LogP contribution in [0.2, 0.25) is 0 Å². The van der Waals surface area contributed by atoms with Crippen molar-refractivity contribution >= 4 is 11.8 Å². The van der Waals surface area contributed by atoms with Crippen LogP contribution in [0, 0.1) is 11.7 Å². The molecule has 2 aromatic rings. The maximum Gasteiger partial charge on any atom is 0.272 e. The van der Waals surface area contributed by atoms with Crippen molar-refractivity contribution in [1.29, 1.82) is 0 Å². The minimum Gasteiger partial charge on any atom is -0.370 e. The van der Waals surface area contributed by atoms with Crippen molar-refractivity contribution in [3.05, 3.63) is 53.1 Å². The monoisotopic (exact) mass is 444 g/mol. The Morgan fingerprint density at radius 3 is 2.56 bits per heavy atom. The molecule has 0 unspecified atom stereocenters. The number of carbonyl (C=O) groups is 2. The maximum absolute atomic E-state index is 14.1. The Bertz CT molecular complexity index is 956. The molecular weight excluding hydrogens is 411 g/mol. The second-order valence-electron chi connectivity index (χ2n) is 9.14. The number of aryl methyl sites for hydroxylation is 1. The molecule has 1 aromatic carbocycles. The van der Waals surface area contributed by atoms with Crippen LogP contribution in [0.15, 0.2) is 30.3 Å². The van der Waals surface area contributed by atoms with Crippen LogP contribution < -0.4 is 0 Å². The fraction of sp³-hybridized carbons (Fsp3) is 0.542. The summed E-state index contributed by atoms with van der Waals surface area (Å²) in [6, 6.07) is 8.24. The summed E-state index contributed by atoms with van der Waals surface area (Å²) in [5, 5.41) is 4.43. The van der Waals surface area contributed by atoms with Gasteiger partial charge in [0.15, 0.2) is 0 Å². The van der Waals surface area contributed by atoms with Crippen LogP contribution in [0.25, 0.3) is 0 Å². The van der Waals surface area contributed by atoms with Crippen molar-refractivity contribution in [2.45, 2.75) is 46.3 Å². The van der Waals surface area contributed by atoms with E-state index in [-0.39, 0.29) is 49.2 Å². The fourth-order valence-corrected chi connectivity index (χ4v) is 3.81. The van der Waals surface area contributed by atoms with Gasteiger partial charge in [0.05, 0.1) is 18.4 Å². The predicted molar refractivity (Wildman–Crippen MR) is 120 cm³/mol. The first-order valence-corrected chi connectivity index (χ1v) is 11.1. The quantitative estimate of drug-likeness (QED) is 0.658. The summed E-state index contributed by atoms with van der Waals surface area (Å²) in [7, 11) is 1.73. The van der Waals surface area contributed by atoms with Crippen molar-refractivity contribution in [1.82, 2.24) is 19.6 Å². The van der Waals surface area contributed by atoms with Gasteiger partial charge in [0.25, 0.3) is 5.91 Å². The Labute approximate surface area is 189 Å². The highest BCUT2D eigenvalue weighted by Gasteiger charge is 2.33. The third kappa shape index (κ3) is 5.73. The van der Waals surface area contributed by atoms with Gasteiger partial charge in [-0.15, -0.1) is 0 Å². The number of nitrogens with zero attached hydrogens (tertiary/aromatic N) is 4. The van der Waals surface area contributed by atoms with Gasteiger partial charge >= 0.3 is 0 Å². The molecule has 1 fully saturated rings. The van der Waals surface area contributed by atoms with Crippen molar-refractivity contribution in [2.75, 3.05) is 26.2 Å². The average Bonchev–Trinajstić information content (AvgIpc) is 3.05. The number of ether oxygens (including phenoxy) is 1. The molecule has 0 bridgehead atoms. The zero-order chi connectivity index (χ0) is 23.4. The standard InChI is InChI=1S/C24H33FN4O3/c1-16(2)11-28-12-19(32-15-18-8-6-7-9-20(18)25)13-29(14-23(28)30)24(31)22-10-21(17(3)4)26-27(22)5/h6-10,16-17,19H,11-15H2,1-5H3/t19-/m1/s1. The Balaban J connectivity index is 1.82. The molecule has 1 saturated heterocycles. The lowest BCUT2D eigenvalue weighted by molar-refractivity contribution is -0.132. The smallest absolute Gasteiger partial charge is 0.272 e. The molecule has 0 aliphatic carbocycles. The van der Waals surface area contributed by atoms with E-state index in [1.165, 1.54) is 11.0 Å². The average molecular weight is 445 g/mol. The Morgan fingerprint density at radius 1 is 1.22 bits per heavy atom. The SMILES string of the molecule is CC(C)CN1C[C@@H](OCc2ccccc2F)CN(C(=O)c2cc(C(C)C)nn2C)CC1=O. The van der Waals surface area contributed by atoms with E-state index in [4.69, 9.17) is 4.74 Å². The molecule has 1 aromatic heterocycles. The number of rotatable bonds is 7. The molecule has 32 heavy (non-hydrogen) atoms. The van der Waals surface area contributed by atoms with Gasteiger partial charge in [-0.05, 0) is 24.0 Å². The maximum atomic E-state index is 14.1. The van der Waals surface area contributed by atoms with Crippen LogP contribution in [0.5, 0.6) is 0 Å². The van der Waals surface area contributed by atoms with Gasteiger partial charge in [0.2, 0.25) is 5.91 Å². The molecule has 0 spiro atoms. The first kappa shape index (κ1) is 23.9. The molecule has 0 radical (unpaired) electrons. The molecule has 2 amide bonds. The van der Waals surface area contributed by atoms with Gasteiger partial charge in [-0.2, -0.15) is 5.10 Å². The minimum atomic E-state index is -0.429. The highest BCUT2D eigenvalue weighted by atomic mass is 19.1. The van der Waals surface area contributed by atoms with Crippen LogP contribution in [-0.2, 0) is 23.2 Å². The minimum absolute atomic E-state index is 0.0205. The van der Waals surface area contributed by atoms with Gasteiger partial charge in [0.1, 0.15) is 18.1 Å². The van der Waals surface area contributed by atoms with E-state index in [1.54, 1.807) is 40.9 Å². The lowest BCUT2D eigenvalue weighted by Crippen LogP contribution is -2.41. The molecule has 0 N–H and O–H groups in total.